The molecular formula is C14H19N3. The van der Waals surface area contributed by atoms with E-state index >= 15 is 0 Å². The lowest BCUT2D eigenvalue weighted by atomic mass is 10.0. The highest BCUT2D eigenvalue weighted by molar-refractivity contribution is 5.16. The molecule has 17 heavy (non-hydrogen) atoms. The Kier molecular flexibility index (Phi) is 4.54. The molecule has 90 valence electrons. The van der Waals surface area contributed by atoms with Gasteiger partial charge >= 0.3 is 0 Å². The molecule has 3 nitrogen and oxygen atoms in total. The first kappa shape index (κ1) is 12.1. The average molecular weight is 229 g/mol. The first-order chi connectivity index (χ1) is 8.38. The van der Waals surface area contributed by atoms with E-state index in [2.05, 4.69) is 47.0 Å². The summed E-state index contributed by atoms with van der Waals surface area (Å²) < 4.78 is 0. The molecular weight excluding hydrogens is 210 g/mol. The predicted octanol–water partition coefficient (Wildman–Crippen LogP) is 1.46. The van der Waals surface area contributed by atoms with Gasteiger partial charge in [-0.1, -0.05) is 30.3 Å². The number of nitrogens with one attached hydrogen (secondary N) is 2. The van der Waals surface area contributed by atoms with Crippen LogP contribution in [0.4, 0.5) is 0 Å². The average Bonchev–Trinajstić information content (AvgIpc) is 2.79. The van der Waals surface area contributed by atoms with Gasteiger partial charge in [-0.2, -0.15) is 5.26 Å². The number of hydrogen-bond donors (Lipinski definition) is 2. The Morgan fingerprint density at radius 2 is 2.18 bits per heavy atom. The molecule has 2 atom stereocenters. The van der Waals surface area contributed by atoms with Crippen LogP contribution in [0.5, 0.6) is 0 Å². The molecule has 0 saturated carbocycles. The molecule has 0 bridgehead atoms. The number of nitrogens with zero attached hydrogens (tertiary/aromatic N) is 1. The van der Waals surface area contributed by atoms with Gasteiger partial charge in [0.1, 0.15) is 0 Å². The Labute approximate surface area is 103 Å². The third-order valence-electron chi connectivity index (χ3n) is 3.22. The van der Waals surface area contributed by atoms with Crippen molar-refractivity contribution in [2.75, 3.05) is 13.1 Å². The van der Waals surface area contributed by atoms with Crippen molar-refractivity contribution in [3.05, 3.63) is 35.9 Å². The van der Waals surface area contributed by atoms with Crippen molar-refractivity contribution >= 4 is 0 Å². The molecule has 0 aromatic heterocycles. The van der Waals surface area contributed by atoms with Gasteiger partial charge in [0.25, 0.3) is 0 Å². The molecule has 1 saturated heterocycles. The van der Waals surface area contributed by atoms with E-state index in [1.165, 1.54) is 5.56 Å². The molecule has 1 aliphatic rings. The minimum absolute atomic E-state index is 0.525. The normalized spacial score (nSPS) is 23.5. The highest BCUT2D eigenvalue weighted by atomic mass is 15.0. The fourth-order valence-electron chi connectivity index (χ4n) is 2.36. The van der Waals surface area contributed by atoms with Crippen LogP contribution in [0, 0.1) is 11.3 Å². The number of rotatable bonds is 5. The molecule has 1 aromatic carbocycles. The summed E-state index contributed by atoms with van der Waals surface area (Å²) in [6, 6.07) is 13.8. The van der Waals surface area contributed by atoms with Crippen molar-refractivity contribution in [2.45, 2.75) is 31.3 Å². The van der Waals surface area contributed by atoms with Gasteiger partial charge in [0.15, 0.2) is 0 Å². The molecule has 1 fully saturated rings. The second-order valence-electron chi connectivity index (χ2n) is 4.59. The van der Waals surface area contributed by atoms with E-state index in [4.69, 9.17) is 5.26 Å². The zero-order chi connectivity index (χ0) is 11.9. The SMILES string of the molecule is N#CCCNC1CNC(Cc2ccccc2)C1. The molecule has 2 unspecified atom stereocenters. The first-order valence-electron chi connectivity index (χ1n) is 6.26. The molecule has 3 heteroatoms. The summed E-state index contributed by atoms with van der Waals surface area (Å²) in [5.74, 6) is 0. The fraction of sp³-hybridized carbons (Fsp3) is 0.500. The van der Waals surface area contributed by atoms with Gasteiger partial charge in [-0.15, -0.1) is 0 Å². The van der Waals surface area contributed by atoms with E-state index in [1.807, 2.05) is 0 Å². The van der Waals surface area contributed by atoms with Crippen LogP contribution in [0.3, 0.4) is 0 Å². The molecule has 1 heterocycles. The van der Waals surface area contributed by atoms with Crippen molar-refractivity contribution in [1.29, 1.82) is 5.26 Å². The second kappa shape index (κ2) is 6.39. The van der Waals surface area contributed by atoms with Gasteiger partial charge < -0.3 is 10.6 Å². The van der Waals surface area contributed by atoms with E-state index in [9.17, 15) is 0 Å². The lowest BCUT2D eigenvalue weighted by Crippen LogP contribution is -2.31. The summed E-state index contributed by atoms with van der Waals surface area (Å²) in [7, 11) is 0. The third-order valence-corrected chi connectivity index (χ3v) is 3.22. The van der Waals surface area contributed by atoms with E-state index in [0.717, 1.165) is 25.9 Å². The Hall–Kier alpha value is -1.37. The highest BCUT2D eigenvalue weighted by Gasteiger charge is 2.23. The standard InChI is InChI=1S/C14H19N3/c15-7-4-8-16-14-10-13(17-11-14)9-12-5-2-1-3-6-12/h1-3,5-6,13-14,16-17H,4,8-11H2. The fourth-order valence-corrected chi connectivity index (χ4v) is 2.36. The molecule has 1 aromatic rings. The summed E-state index contributed by atoms with van der Waals surface area (Å²) in [6.07, 6.45) is 2.84. The Balaban J connectivity index is 1.73. The molecule has 0 aliphatic carbocycles. The summed E-state index contributed by atoms with van der Waals surface area (Å²) >= 11 is 0. The molecule has 0 amide bonds. The smallest absolute Gasteiger partial charge is 0.0635 e. The van der Waals surface area contributed by atoms with Crippen molar-refractivity contribution in [3.8, 4) is 6.07 Å². The van der Waals surface area contributed by atoms with Gasteiger partial charge in [0.2, 0.25) is 0 Å². The monoisotopic (exact) mass is 229 g/mol. The minimum Gasteiger partial charge on any atom is -0.312 e. The summed E-state index contributed by atoms with van der Waals surface area (Å²) in [5, 5.41) is 15.4. The predicted molar refractivity (Wildman–Crippen MR) is 68.6 cm³/mol. The number of benzene rings is 1. The van der Waals surface area contributed by atoms with Crippen LogP contribution >= 0.6 is 0 Å². The van der Waals surface area contributed by atoms with Crippen LogP contribution in [0.1, 0.15) is 18.4 Å². The maximum atomic E-state index is 8.48. The van der Waals surface area contributed by atoms with Crippen LogP contribution in [-0.2, 0) is 6.42 Å². The lowest BCUT2D eigenvalue weighted by Gasteiger charge is -2.11. The largest absolute Gasteiger partial charge is 0.312 e. The Bertz CT molecular complexity index is 369. The summed E-state index contributed by atoms with van der Waals surface area (Å²) in [4.78, 5) is 0. The summed E-state index contributed by atoms with van der Waals surface area (Å²) in [5.41, 5.74) is 1.39. The second-order valence-corrected chi connectivity index (χ2v) is 4.59. The minimum atomic E-state index is 0.525. The van der Waals surface area contributed by atoms with Crippen LogP contribution < -0.4 is 10.6 Å². The van der Waals surface area contributed by atoms with Gasteiger partial charge in [-0.05, 0) is 18.4 Å². The van der Waals surface area contributed by atoms with E-state index in [-0.39, 0.29) is 0 Å². The maximum absolute atomic E-state index is 8.48. The van der Waals surface area contributed by atoms with E-state index in [0.29, 0.717) is 18.5 Å². The quantitative estimate of drug-likeness (QED) is 0.752. The van der Waals surface area contributed by atoms with Crippen LogP contribution in [-0.4, -0.2) is 25.2 Å². The highest BCUT2D eigenvalue weighted by Crippen LogP contribution is 2.12. The van der Waals surface area contributed by atoms with E-state index in [1.54, 1.807) is 0 Å². The maximum Gasteiger partial charge on any atom is 0.0635 e. The topological polar surface area (TPSA) is 47.9 Å². The third kappa shape index (κ3) is 3.85. The van der Waals surface area contributed by atoms with Gasteiger partial charge in [-0.25, -0.2) is 0 Å². The molecule has 0 spiro atoms. The van der Waals surface area contributed by atoms with Gasteiger partial charge in [0, 0.05) is 31.6 Å². The van der Waals surface area contributed by atoms with Crippen LogP contribution in [0.2, 0.25) is 0 Å². The van der Waals surface area contributed by atoms with Gasteiger partial charge in [-0.3, -0.25) is 0 Å². The Morgan fingerprint density at radius 3 is 2.94 bits per heavy atom. The van der Waals surface area contributed by atoms with E-state index < -0.39 is 0 Å². The number of nitriles is 1. The van der Waals surface area contributed by atoms with Crippen molar-refractivity contribution < 1.29 is 0 Å². The molecule has 2 N–H and O–H groups in total. The van der Waals surface area contributed by atoms with Gasteiger partial charge in [0.05, 0.1) is 6.07 Å². The van der Waals surface area contributed by atoms with Crippen LogP contribution in [0.25, 0.3) is 0 Å². The van der Waals surface area contributed by atoms with Crippen molar-refractivity contribution in [1.82, 2.24) is 10.6 Å². The lowest BCUT2D eigenvalue weighted by molar-refractivity contribution is 0.536. The van der Waals surface area contributed by atoms with Crippen molar-refractivity contribution in [2.24, 2.45) is 0 Å². The Morgan fingerprint density at radius 1 is 1.35 bits per heavy atom. The zero-order valence-corrected chi connectivity index (χ0v) is 10.0. The molecule has 1 aliphatic heterocycles. The summed E-state index contributed by atoms with van der Waals surface area (Å²) in [6.45, 7) is 1.82. The van der Waals surface area contributed by atoms with Crippen molar-refractivity contribution in [3.63, 3.8) is 0 Å². The molecule has 2 rings (SSSR count). The number of hydrogen-bond acceptors (Lipinski definition) is 3. The molecule has 0 radical (unpaired) electrons. The first-order valence-corrected chi connectivity index (χ1v) is 6.26. The zero-order valence-electron chi connectivity index (χ0n) is 10.0. The van der Waals surface area contributed by atoms with Crippen LogP contribution in [0.15, 0.2) is 30.3 Å².